The zero-order valence-electron chi connectivity index (χ0n) is 18.4. The molecule has 0 atom stereocenters. The Morgan fingerprint density at radius 1 is 1.06 bits per heavy atom. The molecule has 2 aromatic carbocycles. The van der Waals surface area contributed by atoms with E-state index < -0.39 is 0 Å². The van der Waals surface area contributed by atoms with Gasteiger partial charge in [-0.1, -0.05) is 21.1 Å². The van der Waals surface area contributed by atoms with Crippen LogP contribution >= 0.6 is 15.9 Å². The van der Waals surface area contributed by atoms with Crippen LogP contribution in [0.15, 0.2) is 46.9 Å². The molecule has 7 nitrogen and oxygen atoms in total. The summed E-state index contributed by atoms with van der Waals surface area (Å²) in [6.45, 7) is 6.27. The van der Waals surface area contributed by atoms with Crippen LogP contribution < -0.4 is 10.2 Å². The molecule has 2 aliphatic rings. The van der Waals surface area contributed by atoms with E-state index in [2.05, 4.69) is 61.4 Å². The van der Waals surface area contributed by atoms with Gasteiger partial charge in [0.15, 0.2) is 5.69 Å². The van der Waals surface area contributed by atoms with Gasteiger partial charge in [-0.3, -0.25) is 4.79 Å². The molecule has 1 aromatic heterocycles. The van der Waals surface area contributed by atoms with Crippen LogP contribution in [-0.4, -0.2) is 59.0 Å². The number of nitrogens with zero attached hydrogens (tertiary/aromatic N) is 5. The number of benzene rings is 2. The van der Waals surface area contributed by atoms with Crippen LogP contribution in [-0.2, 0) is 0 Å². The first-order valence-corrected chi connectivity index (χ1v) is 11.9. The third kappa shape index (κ3) is 4.29. The average molecular weight is 495 g/mol. The number of hydrogen-bond acceptors (Lipinski definition) is 5. The average Bonchev–Trinajstić information content (AvgIpc) is 3.53. The number of likely N-dealkylation sites (N-methyl/N-ethyl adjacent to an activating group) is 1. The van der Waals surface area contributed by atoms with Crippen molar-refractivity contribution < 1.29 is 4.79 Å². The van der Waals surface area contributed by atoms with Gasteiger partial charge in [0.05, 0.1) is 11.4 Å². The molecule has 32 heavy (non-hydrogen) atoms. The van der Waals surface area contributed by atoms with Crippen molar-refractivity contribution in [3.63, 3.8) is 0 Å². The summed E-state index contributed by atoms with van der Waals surface area (Å²) in [6, 6.07) is 14.0. The van der Waals surface area contributed by atoms with Crippen LogP contribution in [0, 0.1) is 6.92 Å². The Labute approximate surface area is 196 Å². The maximum Gasteiger partial charge on any atom is 0.278 e. The second-order valence-electron chi connectivity index (χ2n) is 8.73. The van der Waals surface area contributed by atoms with Crippen LogP contribution in [0.3, 0.4) is 0 Å². The summed E-state index contributed by atoms with van der Waals surface area (Å²) in [4.78, 5) is 17.9. The summed E-state index contributed by atoms with van der Waals surface area (Å²) in [7, 11) is 2.16. The highest BCUT2D eigenvalue weighted by Crippen LogP contribution is 2.42. The molecule has 0 radical (unpaired) electrons. The number of nitrogens with one attached hydrogen (secondary N) is 1. The van der Waals surface area contributed by atoms with Crippen molar-refractivity contribution in [1.82, 2.24) is 19.9 Å². The second-order valence-corrected chi connectivity index (χ2v) is 9.65. The van der Waals surface area contributed by atoms with Crippen molar-refractivity contribution in [3.8, 4) is 5.69 Å². The summed E-state index contributed by atoms with van der Waals surface area (Å²) in [5.41, 5.74) is 5.40. The highest BCUT2D eigenvalue weighted by Gasteiger charge is 2.34. The minimum absolute atomic E-state index is 0.206. The molecular weight excluding hydrogens is 468 g/mol. The van der Waals surface area contributed by atoms with Crippen molar-refractivity contribution in [2.45, 2.75) is 25.7 Å². The molecule has 1 saturated carbocycles. The van der Waals surface area contributed by atoms with Crippen LogP contribution in [0.1, 0.15) is 40.5 Å². The predicted octanol–water partition coefficient (Wildman–Crippen LogP) is 4.22. The maximum atomic E-state index is 13.1. The van der Waals surface area contributed by atoms with E-state index in [-0.39, 0.29) is 5.91 Å². The van der Waals surface area contributed by atoms with Crippen molar-refractivity contribution in [2.75, 3.05) is 43.4 Å². The van der Waals surface area contributed by atoms with Gasteiger partial charge in [0, 0.05) is 47.9 Å². The molecule has 5 rings (SSSR count). The van der Waals surface area contributed by atoms with Crippen LogP contribution in [0.5, 0.6) is 0 Å². The standard InChI is InChI=1S/C24H27BrN6O/c1-16-15-19(7-10-21(16)30-13-11-29(2)12-14-30)26-24(32)22-23(17-3-4-17)31(28-27-22)20-8-5-18(25)6-9-20/h5-10,15,17H,3-4,11-14H2,1-2H3,(H,26,32). The maximum absolute atomic E-state index is 13.1. The molecule has 1 aliphatic carbocycles. The van der Waals surface area contributed by atoms with Gasteiger partial charge in [-0.15, -0.1) is 5.10 Å². The number of piperazine rings is 1. The van der Waals surface area contributed by atoms with Gasteiger partial charge in [-0.05, 0) is 74.8 Å². The van der Waals surface area contributed by atoms with E-state index in [0.29, 0.717) is 11.6 Å². The number of hydrogen-bond donors (Lipinski definition) is 1. The SMILES string of the molecule is Cc1cc(NC(=O)c2nnn(-c3ccc(Br)cc3)c2C2CC2)ccc1N1CCN(C)CC1. The number of carbonyl (C=O) groups excluding carboxylic acids is 1. The molecule has 8 heteroatoms. The molecule has 0 bridgehead atoms. The lowest BCUT2D eigenvalue weighted by atomic mass is 10.1. The van der Waals surface area contributed by atoms with Crippen molar-refractivity contribution in [1.29, 1.82) is 0 Å². The van der Waals surface area contributed by atoms with Crippen molar-refractivity contribution in [2.24, 2.45) is 0 Å². The van der Waals surface area contributed by atoms with Crippen LogP contribution in [0.25, 0.3) is 5.69 Å². The van der Waals surface area contributed by atoms with E-state index in [0.717, 1.165) is 66.1 Å². The van der Waals surface area contributed by atoms with Crippen molar-refractivity contribution >= 4 is 33.2 Å². The number of aryl methyl sites for hydroxylation is 1. The number of rotatable bonds is 5. The smallest absolute Gasteiger partial charge is 0.278 e. The predicted molar refractivity (Wildman–Crippen MR) is 130 cm³/mol. The van der Waals surface area contributed by atoms with E-state index in [1.807, 2.05) is 36.4 Å². The normalized spacial score (nSPS) is 16.9. The number of aromatic nitrogens is 3. The molecule has 1 amide bonds. The Bertz CT molecular complexity index is 1130. The molecule has 1 N–H and O–H groups in total. The van der Waals surface area contributed by atoms with E-state index >= 15 is 0 Å². The second kappa shape index (κ2) is 8.67. The van der Waals surface area contributed by atoms with Gasteiger partial charge in [0.25, 0.3) is 5.91 Å². The summed E-state index contributed by atoms with van der Waals surface area (Å²) in [5, 5.41) is 11.6. The third-order valence-corrected chi connectivity index (χ3v) is 6.78. The van der Waals surface area contributed by atoms with Gasteiger partial charge >= 0.3 is 0 Å². The molecular formula is C24H27BrN6O. The van der Waals surface area contributed by atoms with Gasteiger partial charge < -0.3 is 15.1 Å². The highest BCUT2D eigenvalue weighted by molar-refractivity contribution is 9.10. The summed E-state index contributed by atoms with van der Waals surface area (Å²) in [6.07, 6.45) is 2.12. The molecule has 3 aromatic rings. The lowest BCUT2D eigenvalue weighted by molar-refractivity contribution is 0.102. The fourth-order valence-corrected chi connectivity index (χ4v) is 4.54. The molecule has 0 spiro atoms. The van der Waals surface area contributed by atoms with E-state index in [9.17, 15) is 4.79 Å². The first-order chi connectivity index (χ1) is 15.5. The van der Waals surface area contributed by atoms with Gasteiger partial charge in [-0.25, -0.2) is 4.68 Å². The molecule has 1 saturated heterocycles. The van der Waals surface area contributed by atoms with Gasteiger partial charge in [0.2, 0.25) is 0 Å². The summed E-state index contributed by atoms with van der Waals surface area (Å²) in [5.74, 6) is 0.123. The monoisotopic (exact) mass is 494 g/mol. The van der Waals surface area contributed by atoms with E-state index in [1.54, 1.807) is 4.68 Å². The Hall–Kier alpha value is -2.71. The van der Waals surface area contributed by atoms with Crippen LogP contribution in [0.4, 0.5) is 11.4 Å². The zero-order valence-corrected chi connectivity index (χ0v) is 20.0. The largest absolute Gasteiger partial charge is 0.369 e. The molecule has 166 valence electrons. The Morgan fingerprint density at radius 2 is 1.78 bits per heavy atom. The topological polar surface area (TPSA) is 66.3 Å². The molecule has 2 fully saturated rings. The molecule has 0 unspecified atom stereocenters. The minimum Gasteiger partial charge on any atom is -0.369 e. The van der Waals surface area contributed by atoms with Gasteiger partial charge in [-0.2, -0.15) is 0 Å². The number of halogens is 1. The summed E-state index contributed by atoms with van der Waals surface area (Å²) >= 11 is 3.47. The lowest BCUT2D eigenvalue weighted by Crippen LogP contribution is -2.44. The molecule has 2 heterocycles. The first kappa shape index (κ1) is 21.2. The lowest BCUT2D eigenvalue weighted by Gasteiger charge is -2.35. The Kier molecular flexibility index (Phi) is 5.73. The Balaban J connectivity index is 1.36. The first-order valence-electron chi connectivity index (χ1n) is 11.1. The van der Waals surface area contributed by atoms with Crippen molar-refractivity contribution in [3.05, 3.63) is 63.9 Å². The third-order valence-electron chi connectivity index (χ3n) is 6.25. The zero-order chi connectivity index (χ0) is 22.2. The minimum atomic E-state index is -0.206. The van der Waals surface area contributed by atoms with Gasteiger partial charge in [0.1, 0.15) is 0 Å². The van der Waals surface area contributed by atoms with E-state index in [4.69, 9.17) is 0 Å². The highest BCUT2D eigenvalue weighted by atomic mass is 79.9. The fourth-order valence-electron chi connectivity index (χ4n) is 4.27. The quantitative estimate of drug-likeness (QED) is 0.575. The van der Waals surface area contributed by atoms with Crippen LogP contribution in [0.2, 0.25) is 0 Å². The number of amides is 1. The molecule has 1 aliphatic heterocycles. The van der Waals surface area contributed by atoms with E-state index in [1.165, 1.54) is 5.69 Å². The number of anilines is 2. The number of carbonyl (C=O) groups is 1. The summed E-state index contributed by atoms with van der Waals surface area (Å²) < 4.78 is 2.81. The Morgan fingerprint density at radius 3 is 2.44 bits per heavy atom. The fraction of sp³-hybridized carbons (Fsp3) is 0.375.